The number of amides is 1. The van der Waals surface area contributed by atoms with Gasteiger partial charge in [0.25, 0.3) is 5.91 Å². The van der Waals surface area contributed by atoms with Crippen molar-refractivity contribution in [1.29, 1.82) is 5.26 Å². The van der Waals surface area contributed by atoms with Gasteiger partial charge in [-0.3, -0.25) is 4.79 Å². The second kappa shape index (κ2) is 7.88. The fourth-order valence-corrected chi connectivity index (χ4v) is 2.53. The fourth-order valence-electron chi connectivity index (χ4n) is 2.53. The fraction of sp³-hybridized carbons (Fsp3) is 0.100. The van der Waals surface area contributed by atoms with Gasteiger partial charge in [0, 0.05) is 0 Å². The first kappa shape index (κ1) is 19.0. The van der Waals surface area contributed by atoms with Crippen LogP contribution in [-0.4, -0.2) is 12.3 Å². The molecule has 0 aliphatic heterocycles. The van der Waals surface area contributed by atoms with Crippen LogP contribution in [0, 0.1) is 11.3 Å². The van der Waals surface area contributed by atoms with Crippen molar-refractivity contribution < 1.29 is 27.1 Å². The van der Waals surface area contributed by atoms with Crippen molar-refractivity contribution in [1.82, 2.24) is 5.32 Å². The van der Waals surface area contributed by atoms with Crippen molar-refractivity contribution in [2.24, 2.45) is 0 Å². The molecule has 0 bridgehead atoms. The zero-order valence-electron chi connectivity index (χ0n) is 14.2. The molecule has 0 saturated heterocycles. The molecule has 0 fully saturated rings. The zero-order valence-corrected chi connectivity index (χ0v) is 14.2. The Kier molecular flexibility index (Phi) is 5.36. The summed E-state index contributed by atoms with van der Waals surface area (Å²) in [7, 11) is 0. The molecule has 3 rings (SSSR count). The highest BCUT2D eigenvalue weighted by molar-refractivity contribution is 5.92. The SMILES string of the molecule is N#CC(NC(=O)c1ccc(-c2ccccc2OC(F)(F)F)o1)c1ccccc1. The summed E-state index contributed by atoms with van der Waals surface area (Å²) in [5.41, 5.74) is 0.632. The van der Waals surface area contributed by atoms with E-state index in [2.05, 4.69) is 10.1 Å². The number of halogens is 3. The molecule has 0 aliphatic rings. The molecule has 1 amide bonds. The average molecular weight is 386 g/mol. The molecule has 1 N–H and O–H groups in total. The third kappa shape index (κ3) is 4.51. The second-order valence-corrected chi connectivity index (χ2v) is 5.65. The normalized spacial score (nSPS) is 12.1. The summed E-state index contributed by atoms with van der Waals surface area (Å²) in [6.45, 7) is 0. The van der Waals surface area contributed by atoms with E-state index in [9.17, 15) is 23.2 Å². The van der Waals surface area contributed by atoms with Crippen molar-refractivity contribution in [2.45, 2.75) is 12.4 Å². The first-order valence-electron chi connectivity index (χ1n) is 8.08. The van der Waals surface area contributed by atoms with Crippen molar-refractivity contribution in [3.8, 4) is 23.1 Å². The number of para-hydroxylation sites is 1. The summed E-state index contributed by atoms with van der Waals surface area (Å²) in [6, 6.07) is 17.8. The topological polar surface area (TPSA) is 75.3 Å². The lowest BCUT2D eigenvalue weighted by atomic mass is 10.1. The van der Waals surface area contributed by atoms with Crippen LogP contribution < -0.4 is 10.1 Å². The van der Waals surface area contributed by atoms with E-state index in [0.717, 1.165) is 6.07 Å². The molecule has 2 aromatic carbocycles. The lowest BCUT2D eigenvalue weighted by Crippen LogP contribution is -2.27. The van der Waals surface area contributed by atoms with E-state index in [4.69, 9.17) is 4.42 Å². The van der Waals surface area contributed by atoms with Gasteiger partial charge in [-0.05, 0) is 29.8 Å². The maximum Gasteiger partial charge on any atom is 0.573 e. The number of nitrogens with zero attached hydrogens (tertiary/aromatic N) is 1. The predicted octanol–water partition coefficient (Wildman–Crippen LogP) is 4.84. The minimum Gasteiger partial charge on any atom is -0.451 e. The standard InChI is InChI=1S/C20H13F3N2O3/c21-20(22,23)28-17-9-5-4-8-14(17)16-10-11-18(27-16)19(26)25-15(12-24)13-6-2-1-3-7-13/h1-11,15H,(H,25,26). The van der Waals surface area contributed by atoms with E-state index < -0.39 is 24.1 Å². The Balaban J connectivity index is 1.81. The largest absolute Gasteiger partial charge is 0.573 e. The minimum absolute atomic E-state index is 0.0261. The van der Waals surface area contributed by atoms with Gasteiger partial charge < -0.3 is 14.5 Å². The van der Waals surface area contributed by atoms with Gasteiger partial charge in [-0.1, -0.05) is 42.5 Å². The van der Waals surface area contributed by atoms with E-state index in [-0.39, 0.29) is 17.1 Å². The maximum absolute atomic E-state index is 12.6. The lowest BCUT2D eigenvalue weighted by molar-refractivity contribution is -0.274. The Hall–Kier alpha value is -3.73. The predicted molar refractivity (Wildman–Crippen MR) is 93.1 cm³/mol. The summed E-state index contributed by atoms with van der Waals surface area (Å²) in [5, 5.41) is 11.8. The summed E-state index contributed by atoms with van der Waals surface area (Å²) in [6.07, 6.45) is -4.86. The Labute approximate surface area is 158 Å². The monoisotopic (exact) mass is 386 g/mol. The van der Waals surface area contributed by atoms with Crippen LogP contribution >= 0.6 is 0 Å². The summed E-state index contributed by atoms with van der Waals surface area (Å²) in [4.78, 5) is 12.4. The van der Waals surface area contributed by atoms with Crippen LogP contribution in [0.25, 0.3) is 11.3 Å². The van der Waals surface area contributed by atoms with Crippen LogP contribution in [0.5, 0.6) is 5.75 Å². The van der Waals surface area contributed by atoms with Gasteiger partial charge in [-0.15, -0.1) is 13.2 Å². The first-order chi connectivity index (χ1) is 13.4. The number of nitrogens with one attached hydrogen (secondary N) is 1. The molecular formula is C20H13F3N2O3. The number of hydrogen-bond donors (Lipinski definition) is 1. The number of nitriles is 1. The average Bonchev–Trinajstić information content (AvgIpc) is 3.16. The number of hydrogen-bond acceptors (Lipinski definition) is 4. The Morgan fingerprint density at radius 1 is 1.04 bits per heavy atom. The van der Waals surface area contributed by atoms with Crippen LogP contribution in [-0.2, 0) is 0 Å². The van der Waals surface area contributed by atoms with Crippen LogP contribution in [0.4, 0.5) is 13.2 Å². The molecule has 28 heavy (non-hydrogen) atoms. The molecule has 8 heteroatoms. The van der Waals surface area contributed by atoms with Gasteiger partial charge in [-0.2, -0.15) is 5.26 Å². The molecule has 1 heterocycles. The Morgan fingerprint density at radius 2 is 1.71 bits per heavy atom. The Morgan fingerprint density at radius 3 is 2.39 bits per heavy atom. The number of carbonyl (C=O) groups excluding carboxylic acids is 1. The van der Waals surface area contributed by atoms with E-state index in [0.29, 0.717) is 5.56 Å². The molecular weight excluding hydrogens is 373 g/mol. The minimum atomic E-state index is -4.86. The quantitative estimate of drug-likeness (QED) is 0.681. The molecule has 142 valence electrons. The van der Waals surface area contributed by atoms with Gasteiger partial charge in [0.1, 0.15) is 17.6 Å². The van der Waals surface area contributed by atoms with Crippen LogP contribution in [0.1, 0.15) is 22.2 Å². The molecule has 1 aromatic heterocycles. The van der Waals surface area contributed by atoms with Gasteiger partial charge in [0.05, 0.1) is 11.6 Å². The van der Waals surface area contributed by atoms with E-state index in [1.807, 2.05) is 6.07 Å². The molecule has 0 saturated carbocycles. The van der Waals surface area contributed by atoms with Crippen molar-refractivity contribution >= 4 is 5.91 Å². The third-order valence-electron chi connectivity index (χ3n) is 3.75. The molecule has 3 aromatic rings. The number of benzene rings is 2. The van der Waals surface area contributed by atoms with Crippen LogP contribution in [0.15, 0.2) is 71.1 Å². The highest BCUT2D eigenvalue weighted by Gasteiger charge is 2.32. The van der Waals surface area contributed by atoms with Crippen LogP contribution in [0.3, 0.4) is 0 Å². The number of carbonyl (C=O) groups is 1. The molecule has 1 unspecified atom stereocenters. The smallest absolute Gasteiger partial charge is 0.451 e. The highest BCUT2D eigenvalue weighted by atomic mass is 19.4. The van der Waals surface area contributed by atoms with Gasteiger partial charge in [0.2, 0.25) is 0 Å². The lowest BCUT2D eigenvalue weighted by Gasteiger charge is -2.12. The van der Waals surface area contributed by atoms with Gasteiger partial charge in [-0.25, -0.2) is 0 Å². The number of ether oxygens (including phenoxy) is 1. The highest BCUT2D eigenvalue weighted by Crippen LogP contribution is 2.34. The summed E-state index contributed by atoms with van der Waals surface area (Å²) < 4.78 is 47.1. The van der Waals surface area contributed by atoms with Gasteiger partial charge in [0.15, 0.2) is 5.76 Å². The van der Waals surface area contributed by atoms with Crippen LogP contribution in [0.2, 0.25) is 0 Å². The molecule has 0 radical (unpaired) electrons. The van der Waals surface area contributed by atoms with E-state index in [1.165, 1.54) is 30.3 Å². The molecule has 1 atom stereocenters. The third-order valence-corrected chi connectivity index (χ3v) is 3.75. The Bertz CT molecular complexity index is 1010. The molecule has 0 aliphatic carbocycles. The number of rotatable bonds is 5. The van der Waals surface area contributed by atoms with E-state index >= 15 is 0 Å². The number of alkyl halides is 3. The molecule has 0 spiro atoms. The van der Waals surface area contributed by atoms with Crippen molar-refractivity contribution in [3.05, 3.63) is 78.1 Å². The maximum atomic E-state index is 12.6. The second-order valence-electron chi connectivity index (χ2n) is 5.65. The number of furan rings is 1. The van der Waals surface area contributed by atoms with Crippen molar-refractivity contribution in [3.63, 3.8) is 0 Å². The van der Waals surface area contributed by atoms with Crippen molar-refractivity contribution in [2.75, 3.05) is 0 Å². The summed E-state index contributed by atoms with van der Waals surface area (Å²) in [5.74, 6) is -1.24. The first-order valence-corrected chi connectivity index (χ1v) is 8.08. The zero-order chi connectivity index (χ0) is 20.1. The summed E-state index contributed by atoms with van der Waals surface area (Å²) >= 11 is 0. The molecule has 5 nitrogen and oxygen atoms in total. The van der Waals surface area contributed by atoms with E-state index in [1.54, 1.807) is 30.3 Å². The van der Waals surface area contributed by atoms with Gasteiger partial charge >= 0.3 is 6.36 Å².